The molecule has 0 aliphatic carbocycles. The number of piperidine rings is 1. The summed E-state index contributed by atoms with van der Waals surface area (Å²) >= 11 is 6.03. The van der Waals surface area contributed by atoms with Crippen molar-refractivity contribution in [3.8, 4) is 11.5 Å². The van der Waals surface area contributed by atoms with Crippen LogP contribution in [0.4, 0.5) is 4.39 Å². The molecule has 0 unspecified atom stereocenters. The van der Waals surface area contributed by atoms with Crippen LogP contribution in [-0.2, 0) is 0 Å². The Morgan fingerprint density at radius 2 is 2.08 bits per heavy atom. The van der Waals surface area contributed by atoms with Crippen LogP contribution in [0.15, 0.2) is 52.2 Å². The smallest absolute Gasteiger partial charge is 0.339 e. The number of carbonyl (C=O) groups is 1. The fourth-order valence-corrected chi connectivity index (χ4v) is 5.08. The van der Waals surface area contributed by atoms with Crippen molar-refractivity contribution in [3.05, 3.63) is 91.0 Å². The molecule has 2 aromatic carbocycles. The van der Waals surface area contributed by atoms with E-state index in [1.807, 2.05) is 6.92 Å². The predicted octanol–water partition coefficient (Wildman–Crippen LogP) is 5.31. The number of hydrogen-bond donors (Lipinski definition) is 2. The van der Waals surface area contributed by atoms with Gasteiger partial charge in [0.2, 0.25) is 0 Å². The van der Waals surface area contributed by atoms with E-state index in [9.17, 15) is 19.5 Å². The van der Waals surface area contributed by atoms with E-state index in [4.69, 9.17) is 16.3 Å². The van der Waals surface area contributed by atoms with Gasteiger partial charge in [-0.2, -0.15) is 0 Å². The van der Waals surface area contributed by atoms with Crippen LogP contribution in [0.5, 0.6) is 11.5 Å². The summed E-state index contributed by atoms with van der Waals surface area (Å²) in [7, 11) is 0. The van der Waals surface area contributed by atoms with Crippen molar-refractivity contribution >= 4 is 17.6 Å². The highest BCUT2D eigenvalue weighted by molar-refractivity contribution is 6.30. The summed E-state index contributed by atoms with van der Waals surface area (Å²) in [5.74, 6) is -2.18. The number of aryl methyl sites for hydroxylation is 1. The van der Waals surface area contributed by atoms with E-state index in [-0.39, 0.29) is 29.1 Å². The molecule has 10 heteroatoms. The average Bonchev–Trinajstić information content (AvgIpc) is 2.86. The number of H-pyrrole nitrogens is 1. The number of nitrogens with one attached hydrogen (secondary N) is 1. The molecule has 1 aliphatic rings. The third kappa shape index (κ3) is 5.78. The molecule has 0 radical (unpaired) electrons. The molecule has 0 spiro atoms. The summed E-state index contributed by atoms with van der Waals surface area (Å²) < 4.78 is 23.3. The molecule has 1 fully saturated rings. The molecule has 0 bridgehead atoms. The van der Waals surface area contributed by atoms with Gasteiger partial charge in [0.25, 0.3) is 5.56 Å². The second-order valence-corrected chi connectivity index (χ2v) is 9.72. The number of aromatic carboxylic acids is 1. The molecule has 2 atom stereocenters. The second-order valence-electron chi connectivity index (χ2n) is 9.28. The van der Waals surface area contributed by atoms with Crippen molar-refractivity contribution in [2.45, 2.75) is 51.6 Å². The molecular formula is C27H29ClFN3O5. The lowest BCUT2D eigenvalue weighted by molar-refractivity contribution is 0.0692. The second kappa shape index (κ2) is 11.3. The molecule has 8 nitrogen and oxygen atoms in total. The minimum Gasteiger partial charge on any atom is -0.478 e. The van der Waals surface area contributed by atoms with E-state index in [0.29, 0.717) is 35.7 Å². The lowest BCUT2D eigenvalue weighted by Gasteiger charge is -2.39. The molecule has 2 heterocycles. The van der Waals surface area contributed by atoms with Crippen molar-refractivity contribution < 1.29 is 19.0 Å². The summed E-state index contributed by atoms with van der Waals surface area (Å²) in [5.41, 5.74) is -0.396. The summed E-state index contributed by atoms with van der Waals surface area (Å²) in [4.78, 5) is 40.7. The minimum atomic E-state index is -1.31. The van der Waals surface area contributed by atoms with Crippen molar-refractivity contribution in [1.29, 1.82) is 0 Å². The number of nitrogens with zero attached hydrogens (tertiary/aromatic N) is 2. The number of likely N-dealkylation sites (tertiary alicyclic amines) is 1. The molecule has 2 N–H and O–H groups in total. The van der Waals surface area contributed by atoms with Crippen LogP contribution in [0, 0.1) is 12.7 Å². The molecule has 196 valence electrons. The Bertz CT molecular complexity index is 1420. The van der Waals surface area contributed by atoms with Gasteiger partial charge in [-0.1, -0.05) is 37.1 Å². The Labute approximate surface area is 218 Å². The van der Waals surface area contributed by atoms with Crippen LogP contribution in [0.25, 0.3) is 0 Å². The van der Waals surface area contributed by atoms with Crippen LogP contribution in [0.1, 0.15) is 66.2 Å². The number of benzene rings is 2. The lowest BCUT2D eigenvalue weighted by atomic mass is 9.94. The van der Waals surface area contributed by atoms with Crippen LogP contribution in [0.2, 0.25) is 5.02 Å². The summed E-state index contributed by atoms with van der Waals surface area (Å²) in [5, 5.41) is 10.1. The third-order valence-corrected chi connectivity index (χ3v) is 6.94. The molecule has 37 heavy (non-hydrogen) atoms. The molecule has 3 aromatic rings. The largest absolute Gasteiger partial charge is 0.478 e. The average molecular weight is 530 g/mol. The van der Waals surface area contributed by atoms with Gasteiger partial charge in [-0.25, -0.2) is 14.0 Å². The highest BCUT2D eigenvalue weighted by Crippen LogP contribution is 2.38. The van der Waals surface area contributed by atoms with E-state index in [0.717, 1.165) is 19.3 Å². The Morgan fingerprint density at radius 1 is 1.30 bits per heavy atom. The van der Waals surface area contributed by atoms with Gasteiger partial charge < -0.3 is 9.84 Å². The first kappa shape index (κ1) is 26.6. The quantitative estimate of drug-likeness (QED) is 0.410. The number of rotatable bonds is 8. The van der Waals surface area contributed by atoms with Crippen molar-refractivity contribution in [2.75, 3.05) is 13.1 Å². The molecule has 1 aromatic heterocycles. The third-order valence-electron chi connectivity index (χ3n) is 6.70. The van der Waals surface area contributed by atoms with Crippen LogP contribution in [0.3, 0.4) is 0 Å². The van der Waals surface area contributed by atoms with E-state index in [1.165, 1.54) is 18.2 Å². The Hall–Kier alpha value is -3.43. The van der Waals surface area contributed by atoms with Crippen LogP contribution >= 0.6 is 11.6 Å². The van der Waals surface area contributed by atoms with Gasteiger partial charge >= 0.3 is 11.7 Å². The number of hydrogen-bond acceptors (Lipinski definition) is 5. The predicted molar refractivity (Wildman–Crippen MR) is 138 cm³/mol. The van der Waals surface area contributed by atoms with E-state index >= 15 is 4.39 Å². The highest BCUT2D eigenvalue weighted by atomic mass is 35.5. The monoisotopic (exact) mass is 529 g/mol. The standard InChI is InChI=1S/C27H29ClFN3O5/c1-3-6-22(31-12-5-8-18(15-31)32-14-16(2)25(33)30-27(32)36)20-10-11-21(26(34)35)24(23(20)29)37-19-9-4-7-17(28)13-19/h4,7,9-11,13-14,18,22H,3,5-6,8,12,15H2,1-2H3,(H,34,35)(H,30,33,36)/t18-,22-/m0/s1. The fraction of sp³-hybridized carbons (Fsp3) is 0.370. The summed E-state index contributed by atoms with van der Waals surface area (Å²) in [6, 6.07) is 8.64. The van der Waals surface area contributed by atoms with Gasteiger partial charge in [0.05, 0.1) is 6.04 Å². The van der Waals surface area contributed by atoms with Gasteiger partial charge in [-0.3, -0.25) is 19.2 Å². The number of aromatic nitrogens is 2. The number of ether oxygens (including phenoxy) is 1. The SMILES string of the molecule is CCC[C@@H](c1ccc(C(=O)O)c(Oc2cccc(Cl)c2)c1F)N1CCC[C@H](n2cc(C)c(=O)[nH]c2=O)C1. The normalized spacial score (nSPS) is 16.9. The Balaban J connectivity index is 1.71. The van der Waals surface area contributed by atoms with Gasteiger partial charge in [0.15, 0.2) is 11.6 Å². The number of carboxylic acid groups (broad SMARTS) is 1. The molecular weight excluding hydrogens is 501 g/mol. The van der Waals surface area contributed by atoms with Crippen LogP contribution < -0.4 is 16.0 Å². The Kier molecular flexibility index (Phi) is 8.14. The molecule has 1 saturated heterocycles. The minimum absolute atomic E-state index is 0.195. The zero-order chi connectivity index (χ0) is 26.7. The Morgan fingerprint density at radius 3 is 2.78 bits per heavy atom. The van der Waals surface area contributed by atoms with Gasteiger partial charge in [-0.15, -0.1) is 0 Å². The zero-order valence-corrected chi connectivity index (χ0v) is 21.4. The molecule has 4 rings (SSSR count). The maximum absolute atomic E-state index is 16.0. The highest BCUT2D eigenvalue weighted by Gasteiger charge is 2.32. The lowest BCUT2D eigenvalue weighted by Crippen LogP contribution is -2.43. The zero-order valence-electron chi connectivity index (χ0n) is 20.7. The molecule has 1 aliphatic heterocycles. The maximum atomic E-state index is 16.0. The maximum Gasteiger partial charge on any atom is 0.339 e. The van der Waals surface area contributed by atoms with E-state index < -0.39 is 23.0 Å². The first-order valence-electron chi connectivity index (χ1n) is 12.2. The van der Waals surface area contributed by atoms with E-state index in [1.54, 1.807) is 35.9 Å². The van der Waals surface area contributed by atoms with Gasteiger partial charge in [0.1, 0.15) is 11.3 Å². The number of aromatic amines is 1. The van der Waals surface area contributed by atoms with Crippen molar-refractivity contribution in [3.63, 3.8) is 0 Å². The van der Waals surface area contributed by atoms with Crippen LogP contribution in [-0.4, -0.2) is 38.6 Å². The van der Waals surface area contributed by atoms with Gasteiger partial charge in [-0.05, 0) is 57.0 Å². The van der Waals surface area contributed by atoms with Crippen molar-refractivity contribution in [1.82, 2.24) is 14.5 Å². The van der Waals surface area contributed by atoms with Crippen molar-refractivity contribution in [2.24, 2.45) is 0 Å². The fourth-order valence-electron chi connectivity index (χ4n) is 4.90. The van der Waals surface area contributed by atoms with Gasteiger partial charge in [0, 0.05) is 34.9 Å². The number of carboxylic acids is 1. The first-order valence-corrected chi connectivity index (χ1v) is 12.6. The molecule has 0 amide bonds. The summed E-state index contributed by atoms with van der Waals surface area (Å²) in [6.07, 6.45) is 4.46. The summed E-state index contributed by atoms with van der Waals surface area (Å²) in [6.45, 7) is 4.80. The first-order chi connectivity index (χ1) is 17.7. The molecule has 0 saturated carbocycles. The topological polar surface area (TPSA) is 105 Å². The number of halogens is 2. The van der Waals surface area contributed by atoms with E-state index in [2.05, 4.69) is 9.88 Å².